The van der Waals surface area contributed by atoms with Gasteiger partial charge in [0, 0.05) is 16.2 Å². The van der Waals surface area contributed by atoms with Crippen LogP contribution in [0.5, 0.6) is 5.88 Å². The number of pyridine rings is 1. The quantitative estimate of drug-likeness (QED) is 0.923. The minimum absolute atomic E-state index is 0.0179. The summed E-state index contributed by atoms with van der Waals surface area (Å²) in [7, 11) is -2.27. The highest BCUT2D eigenvalue weighted by Gasteiger charge is 2.26. The molecule has 0 saturated heterocycles. The normalized spacial score (nSPS) is 12.5. The Hall–Kier alpha value is -0.660. The van der Waals surface area contributed by atoms with Crippen molar-refractivity contribution in [3.05, 3.63) is 16.7 Å². The predicted molar refractivity (Wildman–Crippen MR) is 68.6 cm³/mol. The lowest BCUT2D eigenvalue weighted by atomic mass is 10.1. The van der Waals surface area contributed by atoms with Crippen LogP contribution in [-0.2, 0) is 10.0 Å². The van der Waals surface area contributed by atoms with E-state index in [2.05, 4.69) is 25.6 Å². The molecule has 5 nitrogen and oxygen atoms in total. The van der Waals surface area contributed by atoms with Gasteiger partial charge in [0.2, 0.25) is 15.9 Å². The Kier molecular flexibility index (Phi) is 4.16. The molecule has 0 aliphatic rings. The number of rotatable bonds is 3. The molecule has 0 bridgehead atoms. The SMILES string of the molecule is COc1ncc(Br)cc1S(=O)(=O)NC(C)(C)C. The highest BCUT2D eigenvalue weighted by atomic mass is 79.9. The van der Waals surface area contributed by atoms with Gasteiger partial charge in [-0.2, -0.15) is 0 Å². The second-order valence-corrected chi connectivity index (χ2v) is 7.08. The average molecular weight is 323 g/mol. The van der Waals surface area contributed by atoms with E-state index in [9.17, 15) is 8.42 Å². The van der Waals surface area contributed by atoms with E-state index >= 15 is 0 Å². The van der Waals surface area contributed by atoms with Crippen LogP contribution in [0.2, 0.25) is 0 Å². The highest BCUT2D eigenvalue weighted by molar-refractivity contribution is 9.10. The van der Waals surface area contributed by atoms with Gasteiger partial charge >= 0.3 is 0 Å². The van der Waals surface area contributed by atoms with Crippen LogP contribution in [0.4, 0.5) is 0 Å². The summed E-state index contributed by atoms with van der Waals surface area (Å²) >= 11 is 3.19. The molecule has 17 heavy (non-hydrogen) atoms. The maximum atomic E-state index is 12.1. The molecule has 0 saturated carbocycles. The molecule has 96 valence electrons. The van der Waals surface area contributed by atoms with E-state index < -0.39 is 15.6 Å². The minimum atomic E-state index is -3.65. The molecule has 0 aliphatic heterocycles. The van der Waals surface area contributed by atoms with E-state index in [0.29, 0.717) is 4.47 Å². The van der Waals surface area contributed by atoms with E-state index in [1.54, 1.807) is 20.8 Å². The number of nitrogens with one attached hydrogen (secondary N) is 1. The lowest BCUT2D eigenvalue weighted by molar-refractivity contribution is 0.383. The Morgan fingerprint density at radius 1 is 1.41 bits per heavy atom. The third-order valence-corrected chi connectivity index (χ3v) is 3.89. The zero-order valence-electron chi connectivity index (χ0n) is 10.1. The van der Waals surface area contributed by atoms with Crippen molar-refractivity contribution < 1.29 is 13.2 Å². The van der Waals surface area contributed by atoms with E-state index in [1.165, 1.54) is 19.4 Å². The van der Waals surface area contributed by atoms with Crippen molar-refractivity contribution >= 4 is 26.0 Å². The molecular weight excluding hydrogens is 308 g/mol. The predicted octanol–water partition coefficient (Wildman–Crippen LogP) is 1.93. The number of nitrogens with zero attached hydrogens (tertiary/aromatic N) is 1. The molecule has 0 aliphatic carbocycles. The van der Waals surface area contributed by atoms with Crippen molar-refractivity contribution in [3.63, 3.8) is 0 Å². The van der Waals surface area contributed by atoms with Crippen molar-refractivity contribution in [2.24, 2.45) is 0 Å². The fraction of sp³-hybridized carbons (Fsp3) is 0.500. The highest BCUT2D eigenvalue weighted by Crippen LogP contribution is 2.25. The zero-order chi connectivity index (χ0) is 13.3. The maximum absolute atomic E-state index is 12.1. The molecular formula is C10H15BrN2O3S. The summed E-state index contributed by atoms with van der Waals surface area (Å²) in [6.45, 7) is 5.30. The van der Waals surface area contributed by atoms with Crippen LogP contribution in [0.1, 0.15) is 20.8 Å². The van der Waals surface area contributed by atoms with E-state index in [-0.39, 0.29) is 10.8 Å². The minimum Gasteiger partial charge on any atom is -0.480 e. The van der Waals surface area contributed by atoms with Gasteiger partial charge in [-0.15, -0.1) is 0 Å². The zero-order valence-corrected chi connectivity index (χ0v) is 12.5. The van der Waals surface area contributed by atoms with Crippen LogP contribution in [0, 0.1) is 0 Å². The fourth-order valence-corrected chi connectivity index (χ4v) is 3.26. The van der Waals surface area contributed by atoms with Crippen molar-refractivity contribution in [1.82, 2.24) is 9.71 Å². The third kappa shape index (κ3) is 3.93. The lowest BCUT2D eigenvalue weighted by Gasteiger charge is -2.20. The van der Waals surface area contributed by atoms with Crippen LogP contribution in [0.15, 0.2) is 21.6 Å². The lowest BCUT2D eigenvalue weighted by Crippen LogP contribution is -2.40. The van der Waals surface area contributed by atoms with Gasteiger partial charge in [-0.05, 0) is 42.8 Å². The number of methoxy groups -OCH3 is 1. The molecule has 0 spiro atoms. The first kappa shape index (κ1) is 14.4. The van der Waals surface area contributed by atoms with E-state index in [0.717, 1.165) is 0 Å². The maximum Gasteiger partial charge on any atom is 0.246 e. The second kappa shape index (κ2) is 4.91. The molecule has 1 aromatic heterocycles. The van der Waals surface area contributed by atoms with Gasteiger partial charge < -0.3 is 4.74 Å². The number of aromatic nitrogens is 1. The molecule has 0 amide bonds. The fourth-order valence-electron chi connectivity index (χ4n) is 1.21. The molecule has 1 N–H and O–H groups in total. The molecule has 1 heterocycles. The van der Waals surface area contributed by atoms with Gasteiger partial charge in [-0.25, -0.2) is 18.1 Å². The molecule has 0 fully saturated rings. The Bertz CT molecular complexity index is 509. The van der Waals surface area contributed by atoms with Crippen LogP contribution < -0.4 is 9.46 Å². The average Bonchev–Trinajstić information content (AvgIpc) is 2.14. The standard InChI is InChI=1S/C10H15BrN2O3S/c1-10(2,3)13-17(14,15)8-5-7(11)6-12-9(8)16-4/h5-6,13H,1-4H3. The molecule has 0 radical (unpaired) electrons. The van der Waals surface area contributed by atoms with Gasteiger partial charge in [-0.3, -0.25) is 0 Å². The van der Waals surface area contributed by atoms with Crippen LogP contribution in [0.25, 0.3) is 0 Å². The van der Waals surface area contributed by atoms with Gasteiger partial charge in [0.15, 0.2) is 0 Å². The summed E-state index contributed by atoms with van der Waals surface area (Å²) in [5.74, 6) is 0.0740. The Balaban J connectivity index is 3.28. The van der Waals surface area contributed by atoms with Crippen LogP contribution >= 0.6 is 15.9 Å². The van der Waals surface area contributed by atoms with Gasteiger partial charge in [0.05, 0.1) is 7.11 Å². The summed E-state index contributed by atoms with van der Waals surface area (Å²) in [5.41, 5.74) is -0.563. The molecule has 0 unspecified atom stereocenters. The first-order valence-corrected chi connectivity index (χ1v) is 7.17. The van der Waals surface area contributed by atoms with Gasteiger partial charge in [0.1, 0.15) is 4.90 Å². The second-order valence-electron chi connectivity index (χ2n) is 4.52. The smallest absolute Gasteiger partial charge is 0.246 e. The Morgan fingerprint density at radius 2 is 2.00 bits per heavy atom. The van der Waals surface area contributed by atoms with Crippen molar-refractivity contribution in [1.29, 1.82) is 0 Å². The van der Waals surface area contributed by atoms with Crippen LogP contribution in [0.3, 0.4) is 0 Å². The summed E-state index contributed by atoms with van der Waals surface area (Å²) < 4.78 is 32.3. The number of hydrogen-bond donors (Lipinski definition) is 1. The number of ether oxygens (including phenoxy) is 1. The van der Waals surface area contributed by atoms with Crippen molar-refractivity contribution in [2.45, 2.75) is 31.2 Å². The van der Waals surface area contributed by atoms with Gasteiger partial charge in [0.25, 0.3) is 0 Å². The molecule has 7 heteroatoms. The van der Waals surface area contributed by atoms with Crippen molar-refractivity contribution in [2.75, 3.05) is 7.11 Å². The number of halogens is 1. The first-order valence-electron chi connectivity index (χ1n) is 4.89. The Labute approximate surface area is 110 Å². The largest absolute Gasteiger partial charge is 0.480 e. The van der Waals surface area contributed by atoms with Crippen molar-refractivity contribution in [3.8, 4) is 5.88 Å². The van der Waals surface area contributed by atoms with Crippen LogP contribution in [-0.4, -0.2) is 26.1 Å². The molecule has 0 aromatic carbocycles. The summed E-state index contributed by atoms with van der Waals surface area (Å²) in [6, 6.07) is 1.46. The third-order valence-electron chi connectivity index (χ3n) is 1.71. The molecule has 1 rings (SSSR count). The van der Waals surface area contributed by atoms with E-state index in [4.69, 9.17) is 4.74 Å². The summed E-state index contributed by atoms with van der Waals surface area (Å²) in [6.07, 6.45) is 1.48. The number of hydrogen-bond acceptors (Lipinski definition) is 4. The molecule has 1 aromatic rings. The summed E-state index contributed by atoms with van der Waals surface area (Å²) in [5, 5.41) is 0. The first-order chi connectivity index (χ1) is 7.65. The number of sulfonamides is 1. The van der Waals surface area contributed by atoms with E-state index in [1.807, 2.05) is 0 Å². The molecule has 0 atom stereocenters. The Morgan fingerprint density at radius 3 is 2.47 bits per heavy atom. The topological polar surface area (TPSA) is 68.3 Å². The van der Waals surface area contributed by atoms with Gasteiger partial charge in [-0.1, -0.05) is 0 Å². The monoisotopic (exact) mass is 322 g/mol. The summed E-state index contributed by atoms with van der Waals surface area (Å²) in [4.78, 5) is 3.92.